The molecule has 1 rings (SSSR count). The molecule has 1 amide bonds. The quantitative estimate of drug-likeness (QED) is 0.831. The van der Waals surface area contributed by atoms with Crippen LogP contribution in [0.2, 0.25) is 10.0 Å². The third-order valence-corrected chi connectivity index (χ3v) is 3.87. The van der Waals surface area contributed by atoms with Gasteiger partial charge in [0.25, 0.3) is 15.0 Å². The molecule has 0 aliphatic rings. The van der Waals surface area contributed by atoms with Gasteiger partial charge in [0.15, 0.2) is 12.4 Å². The van der Waals surface area contributed by atoms with E-state index in [-0.39, 0.29) is 33.2 Å². The van der Waals surface area contributed by atoms with E-state index in [0.29, 0.717) is 6.54 Å². The molecule has 0 aliphatic heterocycles. The molecule has 0 spiro atoms. The molecule has 0 saturated heterocycles. The molecule has 0 unspecified atom stereocenters. The average molecular weight is 347 g/mol. The summed E-state index contributed by atoms with van der Waals surface area (Å²) in [7, 11) is 1.24. The van der Waals surface area contributed by atoms with E-state index in [0.717, 1.165) is 12.1 Å². The summed E-state index contributed by atoms with van der Waals surface area (Å²) in [6.45, 7) is 1.95. The average Bonchev–Trinajstić information content (AvgIpc) is 2.26. The molecular formula is C10H10Cl3NO4S. The molecule has 19 heavy (non-hydrogen) atoms. The summed E-state index contributed by atoms with van der Waals surface area (Å²) in [6, 6.07) is 2.20. The Labute approximate surface area is 125 Å². The number of nitrogens with one attached hydrogen (secondary N) is 1. The van der Waals surface area contributed by atoms with E-state index in [1.807, 2.05) is 0 Å². The van der Waals surface area contributed by atoms with E-state index < -0.39 is 9.05 Å². The van der Waals surface area contributed by atoms with Crippen LogP contribution in [0.1, 0.15) is 6.92 Å². The van der Waals surface area contributed by atoms with Crippen molar-refractivity contribution in [3.63, 3.8) is 0 Å². The third kappa shape index (κ3) is 4.72. The van der Waals surface area contributed by atoms with Crippen molar-refractivity contribution in [2.75, 3.05) is 13.2 Å². The molecule has 0 heterocycles. The summed E-state index contributed by atoms with van der Waals surface area (Å²) in [4.78, 5) is 11.0. The number of hydrogen-bond donors (Lipinski definition) is 1. The molecule has 0 fully saturated rings. The summed E-state index contributed by atoms with van der Waals surface area (Å²) in [5, 5.41) is 2.43. The Morgan fingerprint density at radius 3 is 2.26 bits per heavy atom. The second-order valence-electron chi connectivity index (χ2n) is 3.40. The summed E-state index contributed by atoms with van der Waals surface area (Å²) in [5.74, 6) is -0.317. The highest BCUT2D eigenvalue weighted by Crippen LogP contribution is 2.36. The van der Waals surface area contributed by atoms with Crippen molar-refractivity contribution >= 4 is 48.8 Å². The summed E-state index contributed by atoms with van der Waals surface area (Å²) in [6.07, 6.45) is 0. The zero-order chi connectivity index (χ0) is 14.6. The fourth-order valence-corrected chi connectivity index (χ4v) is 2.71. The van der Waals surface area contributed by atoms with Crippen LogP contribution in [0, 0.1) is 0 Å². The molecule has 0 atom stereocenters. The van der Waals surface area contributed by atoms with Crippen LogP contribution < -0.4 is 10.1 Å². The van der Waals surface area contributed by atoms with Crippen LogP contribution in [0.4, 0.5) is 0 Å². The molecule has 1 aromatic rings. The van der Waals surface area contributed by atoms with Gasteiger partial charge in [0, 0.05) is 17.2 Å². The number of carbonyl (C=O) groups excluding carboxylic acids is 1. The summed E-state index contributed by atoms with van der Waals surface area (Å²) >= 11 is 11.7. The largest absolute Gasteiger partial charge is 0.481 e. The predicted octanol–water partition coefficient (Wildman–Crippen LogP) is 2.44. The maximum atomic E-state index is 11.2. The first-order valence-electron chi connectivity index (χ1n) is 5.09. The van der Waals surface area contributed by atoms with Gasteiger partial charge < -0.3 is 10.1 Å². The van der Waals surface area contributed by atoms with Gasteiger partial charge in [-0.2, -0.15) is 0 Å². The minimum absolute atomic E-state index is 0.0265. The normalized spacial score (nSPS) is 11.2. The standard InChI is InChI=1S/C10H10Cl3NO4S/c1-2-14-9(15)5-18-10-7(11)3-6(4-8(10)12)19(13,16)17/h3-4H,2,5H2,1H3,(H,14,15). The Morgan fingerprint density at radius 2 is 1.84 bits per heavy atom. The van der Waals surface area contributed by atoms with Crippen LogP contribution >= 0.6 is 33.9 Å². The van der Waals surface area contributed by atoms with Crippen molar-refractivity contribution in [1.82, 2.24) is 5.32 Å². The zero-order valence-corrected chi connectivity index (χ0v) is 12.8. The number of hydrogen-bond acceptors (Lipinski definition) is 4. The number of likely N-dealkylation sites (N-methyl/N-ethyl adjacent to an activating group) is 1. The lowest BCUT2D eigenvalue weighted by Crippen LogP contribution is -2.28. The smallest absolute Gasteiger partial charge is 0.261 e. The first kappa shape index (κ1) is 16.4. The van der Waals surface area contributed by atoms with Crippen molar-refractivity contribution in [2.45, 2.75) is 11.8 Å². The maximum absolute atomic E-state index is 11.2. The van der Waals surface area contributed by atoms with E-state index in [1.165, 1.54) is 0 Å². The molecule has 0 bridgehead atoms. The first-order valence-corrected chi connectivity index (χ1v) is 8.15. The van der Waals surface area contributed by atoms with E-state index in [4.69, 9.17) is 38.6 Å². The molecule has 0 radical (unpaired) electrons. The van der Waals surface area contributed by atoms with E-state index in [9.17, 15) is 13.2 Å². The lowest BCUT2D eigenvalue weighted by Gasteiger charge is -2.10. The van der Waals surface area contributed by atoms with Crippen LogP contribution in [-0.4, -0.2) is 27.5 Å². The highest BCUT2D eigenvalue weighted by atomic mass is 35.7. The monoisotopic (exact) mass is 345 g/mol. The molecular weight excluding hydrogens is 337 g/mol. The van der Waals surface area contributed by atoms with Gasteiger partial charge in [-0.1, -0.05) is 23.2 Å². The van der Waals surface area contributed by atoms with Crippen LogP contribution in [0.25, 0.3) is 0 Å². The van der Waals surface area contributed by atoms with Gasteiger partial charge >= 0.3 is 0 Å². The molecule has 1 aromatic carbocycles. The predicted molar refractivity (Wildman–Crippen MR) is 73.7 cm³/mol. The van der Waals surface area contributed by atoms with Crippen molar-refractivity contribution in [1.29, 1.82) is 0 Å². The molecule has 0 aromatic heterocycles. The summed E-state index contributed by atoms with van der Waals surface area (Å²) < 4.78 is 27.4. The van der Waals surface area contributed by atoms with Crippen LogP contribution in [0.15, 0.2) is 17.0 Å². The fourth-order valence-electron chi connectivity index (χ4n) is 1.20. The van der Waals surface area contributed by atoms with Crippen molar-refractivity contribution in [3.8, 4) is 5.75 Å². The molecule has 0 saturated carbocycles. The van der Waals surface area contributed by atoms with Crippen molar-refractivity contribution in [3.05, 3.63) is 22.2 Å². The van der Waals surface area contributed by atoms with Gasteiger partial charge in [-0.05, 0) is 19.1 Å². The van der Waals surface area contributed by atoms with E-state index in [2.05, 4.69) is 5.32 Å². The van der Waals surface area contributed by atoms with Gasteiger partial charge in [-0.3, -0.25) is 4.79 Å². The highest BCUT2D eigenvalue weighted by molar-refractivity contribution is 8.13. The van der Waals surface area contributed by atoms with E-state index >= 15 is 0 Å². The van der Waals surface area contributed by atoms with Crippen LogP contribution in [-0.2, 0) is 13.8 Å². The molecule has 106 valence electrons. The minimum atomic E-state index is -3.94. The lowest BCUT2D eigenvalue weighted by atomic mass is 10.3. The number of rotatable bonds is 5. The minimum Gasteiger partial charge on any atom is -0.481 e. The van der Waals surface area contributed by atoms with E-state index in [1.54, 1.807) is 6.92 Å². The number of halogens is 3. The van der Waals surface area contributed by atoms with Gasteiger partial charge in [0.2, 0.25) is 0 Å². The van der Waals surface area contributed by atoms with Crippen LogP contribution in [0.5, 0.6) is 5.75 Å². The molecule has 5 nitrogen and oxygen atoms in total. The second kappa shape index (κ2) is 6.65. The Bertz CT molecular complexity index is 565. The SMILES string of the molecule is CCNC(=O)COc1c(Cl)cc(S(=O)(=O)Cl)cc1Cl. The number of ether oxygens (including phenoxy) is 1. The Morgan fingerprint density at radius 1 is 1.32 bits per heavy atom. The van der Waals surface area contributed by atoms with Gasteiger partial charge in [-0.25, -0.2) is 8.42 Å². The number of amides is 1. The van der Waals surface area contributed by atoms with Gasteiger partial charge in [0.05, 0.1) is 14.9 Å². The maximum Gasteiger partial charge on any atom is 0.261 e. The first-order chi connectivity index (χ1) is 8.75. The highest BCUT2D eigenvalue weighted by Gasteiger charge is 2.17. The Balaban J connectivity index is 2.95. The fraction of sp³-hybridized carbons (Fsp3) is 0.300. The zero-order valence-electron chi connectivity index (χ0n) is 9.74. The second-order valence-corrected chi connectivity index (χ2v) is 6.78. The summed E-state index contributed by atoms with van der Waals surface area (Å²) in [5.41, 5.74) is 0. The molecule has 1 N–H and O–H groups in total. The topological polar surface area (TPSA) is 72.5 Å². The van der Waals surface area contributed by atoms with Crippen LogP contribution in [0.3, 0.4) is 0 Å². The van der Waals surface area contributed by atoms with Crippen molar-refractivity contribution < 1.29 is 17.9 Å². The van der Waals surface area contributed by atoms with Gasteiger partial charge in [-0.15, -0.1) is 0 Å². The molecule has 9 heteroatoms. The van der Waals surface area contributed by atoms with Gasteiger partial charge in [0.1, 0.15) is 0 Å². The lowest BCUT2D eigenvalue weighted by molar-refractivity contribution is -0.122. The Kier molecular flexibility index (Phi) is 5.73. The van der Waals surface area contributed by atoms with Crippen molar-refractivity contribution in [2.24, 2.45) is 0 Å². The number of benzene rings is 1. The third-order valence-electron chi connectivity index (χ3n) is 1.97. The molecule has 0 aliphatic carbocycles. The Hall–Kier alpha value is -0.690. The number of carbonyl (C=O) groups is 1.